The molecule has 0 spiro atoms. The summed E-state index contributed by atoms with van der Waals surface area (Å²) < 4.78 is 0. The first-order valence-corrected chi connectivity index (χ1v) is 8.77. The Morgan fingerprint density at radius 1 is 1.12 bits per heavy atom. The van der Waals surface area contributed by atoms with E-state index in [4.69, 9.17) is 5.73 Å². The first-order valence-electron chi connectivity index (χ1n) is 8.77. The minimum Gasteiger partial charge on any atom is -0.350 e. The molecular formula is C19H31N3O2. The van der Waals surface area contributed by atoms with Crippen LogP contribution in [0.25, 0.3) is 0 Å². The monoisotopic (exact) mass is 333 g/mol. The van der Waals surface area contributed by atoms with E-state index in [1.165, 1.54) is 0 Å². The third-order valence-corrected chi connectivity index (χ3v) is 4.09. The topological polar surface area (TPSA) is 84.2 Å². The van der Waals surface area contributed by atoms with Gasteiger partial charge in [0, 0.05) is 18.2 Å². The molecule has 134 valence electrons. The van der Waals surface area contributed by atoms with E-state index < -0.39 is 6.04 Å². The molecule has 0 bridgehead atoms. The van der Waals surface area contributed by atoms with Crippen LogP contribution in [0.2, 0.25) is 0 Å². The van der Waals surface area contributed by atoms with Gasteiger partial charge in [-0.25, -0.2) is 0 Å². The molecule has 0 aromatic heterocycles. The lowest BCUT2D eigenvalue weighted by Crippen LogP contribution is -2.53. The van der Waals surface area contributed by atoms with E-state index in [0.29, 0.717) is 12.1 Å². The van der Waals surface area contributed by atoms with Crippen LogP contribution in [0.4, 0.5) is 0 Å². The Morgan fingerprint density at radius 2 is 1.75 bits per heavy atom. The van der Waals surface area contributed by atoms with Gasteiger partial charge in [-0.3, -0.25) is 9.59 Å². The van der Waals surface area contributed by atoms with Crippen molar-refractivity contribution in [3.63, 3.8) is 0 Å². The van der Waals surface area contributed by atoms with Crippen molar-refractivity contribution < 1.29 is 9.59 Å². The van der Waals surface area contributed by atoms with Crippen LogP contribution in [0.5, 0.6) is 0 Å². The largest absolute Gasteiger partial charge is 0.350 e. The lowest BCUT2D eigenvalue weighted by atomic mass is 10.0. The summed E-state index contributed by atoms with van der Waals surface area (Å²) >= 11 is 0. The van der Waals surface area contributed by atoms with Crippen molar-refractivity contribution in [3.8, 4) is 0 Å². The molecule has 0 fully saturated rings. The van der Waals surface area contributed by atoms with E-state index >= 15 is 0 Å². The average molecular weight is 333 g/mol. The van der Waals surface area contributed by atoms with Gasteiger partial charge in [-0.2, -0.15) is 0 Å². The van der Waals surface area contributed by atoms with Crippen LogP contribution in [0, 0.1) is 12.8 Å². The van der Waals surface area contributed by atoms with Gasteiger partial charge in [-0.1, -0.05) is 51.3 Å². The molecule has 1 rings (SSSR count). The summed E-state index contributed by atoms with van der Waals surface area (Å²) in [4.78, 5) is 24.9. The molecule has 0 aliphatic rings. The van der Waals surface area contributed by atoms with Gasteiger partial charge in [0.2, 0.25) is 5.91 Å². The quantitative estimate of drug-likeness (QED) is 0.649. The Kier molecular flexibility index (Phi) is 8.47. The summed E-state index contributed by atoms with van der Waals surface area (Å²) in [5, 5.41) is 5.82. The van der Waals surface area contributed by atoms with Gasteiger partial charge in [0.05, 0.1) is 0 Å². The molecule has 2 amide bonds. The Morgan fingerprint density at radius 3 is 2.25 bits per heavy atom. The summed E-state index contributed by atoms with van der Waals surface area (Å²) in [5.41, 5.74) is 7.39. The Hall–Kier alpha value is -1.88. The molecular weight excluding hydrogens is 302 g/mol. The molecule has 4 N–H and O–H groups in total. The fourth-order valence-electron chi connectivity index (χ4n) is 2.45. The zero-order valence-corrected chi connectivity index (χ0v) is 15.3. The number of hydrogen-bond donors (Lipinski definition) is 3. The number of rotatable bonds is 9. The molecule has 1 aromatic rings. The Bertz CT molecular complexity index is 526. The van der Waals surface area contributed by atoms with E-state index in [9.17, 15) is 9.59 Å². The Balaban J connectivity index is 2.73. The predicted molar refractivity (Wildman–Crippen MR) is 97.8 cm³/mol. The molecule has 24 heavy (non-hydrogen) atoms. The van der Waals surface area contributed by atoms with Crippen molar-refractivity contribution in [2.24, 2.45) is 11.7 Å². The molecule has 2 atom stereocenters. The minimum absolute atomic E-state index is 0.0102. The molecule has 0 aliphatic heterocycles. The highest BCUT2D eigenvalue weighted by molar-refractivity contribution is 5.97. The number of nitrogens with two attached hydrogens (primary N) is 1. The van der Waals surface area contributed by atoms with E-state index in [-0.39, 0.29) is 23.8 Å². The number of amides is 2. The lowest BCUT2D eigenvalue weighted by molar-refractivity contribution is -0.124. The number of carbonyl (C=O) groups is 2. The van der Waals surface area contributed by atoms with Crippen LogP contribution in [0.15, 0.2) is 24.3 Å². The number of hydrogen-bond acceptors (Lipinski definition) is 3. The van der Waals surface area contributed by atoms with E-state index in [1.54, 1.807) is 12.1 Å². The molecule has 0 saturated carbocycles. The second kappa shape index (κ2) is 10.1. The molecule has 0 heterocycles. The fraction of sp³-hybridized carbons (Fsp3) is 0.579. The van der Waals surface area contributed by atoms with Crippen LogP contribution in [0.1, 0.15) is 56.0 Å². The molecule has 5 heteroatoms. The second-order valence-corrected chi connectivity index (χ2v) is 6.64. The van der Waals surface area contributed by atoms with Crippen molar-refractivity contribution in [1.82, 2.24) is 10.6 Å². The number of carbonyl (C=O) groups excluding carboxylic acids is 2. The smallest absolute Gasteiger partial charge is 0.251 e. The number of nitrogens with one attached hydrogen (secondary N) is 2. The fourth-order valence-corrected chi connectivity index (χ4v) is 2.45. The molecule has 0 aliphatic carbocycles. The maximum atomic E-state index is 12.6. The Labute approximate surface area is 145 Å². The normalized spacial score (nSPS) is 13.4. The van der Waals surface area contributed by atoms with Crippen molar-refractivity contribution in [2.75, 3.05) is 6.54 Å². The number of aryl methyl sites for hydroxylation is 1. The van der Waals surface area contributed by atoms with Crippen LogP contribution in [0.3, 0.4) is 0 Å². The first-order chi connectivity index (χ1) is 11.4. The molecule has 0 saturated heterocycles. The van der Waals surface area contributed by atoms with E-state index in [1.807, 2.05) is 32.9 Å². The van der Waals surface area contributed by atoms with E-state index in [2.05, 4.69) is 17.6 Å². The molecule has 2 unspecified atom stereocenters. The lowest BCUT2D eigenvalue weighted by Gasteiger charge is -2.25. The minimum atomic E-state index is -0.575. The average Bonchev–Trinajstić information content (AvgIpc) is 2.56. The predicted octanol–water partition coefficient (Wildman–Crippen LogP) is 2.38. The van der Waals surface area contributed by atoms with Crippen LogP contribution >= 0.6 is 0 Å². The molecule has 5 nitrogen and oxygen atoms in total. The highest BCUT2D eigenvalue weighted by Crippen LogP contribution is 2.08. The van der Waals surface area contributed by atoms with Gasteiger partial charge < -0.3 is 16.4 Å². The van der Waals surface area contributed by atoms with Crippen molar-refractivity contribution in [1.29, 1.82) is 0 Å². The molecule has 0 radical (unpaired) electrons. The summed E-state index contributed by atoms with van der Waals surface area (Å²) in [6.07, 6.45) is 2.93. The van der Waals surface area contributed by atoms with Crippen LogP contribution in [-0.2, 0) is 4.79 Å². The SMILES string of the molecule is CCCCC(CN)NC(=O)C(NC(=O)c1ccc(C)cc1)C(C)C. The zero-order valence-electron chi connectivity index (χ0n) is 15.3. The van der Waals surface area contributed by atoms with Crippen molar-refractivity contribution in [3.05, 3.63) is 35.4 Å². The van der Waals surface area contributed by atoms with Crippen molar-refractivity contribution >= 4 is 11.8 Å². The summed E-state index contributed by atoms with van der Waals surface area (Å²) in [7, 11) is 0. The van der Waals surface area contributed by atoms with Gasteiger partial charge in [0.25, 0.3) is 5.91 Å². The van der Waals surface area contributed by atoms with Gasteiger partial charge >= 0.3 is 0 Å². The zero-order chi connectivity index (χ0) is 18.1. The van der Waals surface area contributed by atoms with Gasteiger partial charge in [0.15, 0.2) is 0 Å². The number of benzene rings is 1. The third kappa shape index (κ3) is 6.32. The summed E-state index contributed by atoms with van der Waals surface area (Å²) in [6, 6.07) is 6.68. The van der Waals surface area contributed by atoms with Crippen LogP contribution in [-0.4, -0.2) is 30.4 Å². The number of unbranched alkanes of at least 4 members (excludes halogenated alkanes) is 1. The van der Waals surface area contributed by atoms with Gasteiger partial charge in [0.1, 0.15) is 6.04 Å². The maximum absolute atomic E-state index is 12.6. The van der Waals surface area contributed by atoms with Crippen LogP contribution < -0.4 is 16.4 Å². The van der Waals surface area contributed by atoms with Gasteiger partial charge in [-0.15, -0.1) is 0 Å². The molecule has 1 aromatic carbocycles. The highest BCUT2D eigenvalue weighted by atomic mass is 16.2. The standard InChI is InChI=1S/C19H31N3O2/c1-5-6-7-16(12-20)21-19(24)17(13(2)3)22-18(23)15-10-8-14(4)9-11-15/h8-11,13,16-17H,5-7,12,20H2,1-4H3,(H,21,24)(H,22,23). The summed E-state index contributed by atoms with van der Waals surface area (Å²) in [6.45, 7) is 8.32. The third-order valence-electron chi connectivity index (χ3n) is 4.09. The van der Waals surface area contributed by atoms with E-state index in [0.717, 1.165) is 24.8 Å². The maximum Gasteiger partial charge on any atom is 0.251 e. The summed E-state index contributed by atoms with van der Waals surface area (Å²) in [5.74, 6) is -0.414. The first kappa shape index (κ1) is 20.2. The van der Waals surface area contributed by atoms with Crippen molar-refractivity contribution in [2.45, 2.75) is 59.0 Å². The van der Waals surface area contributed by atoms with Gasteiger partial charge in [-0.05, 0) is 31.4 Å². The second-order valence-electron chi connectivity index (χ2n) is 6.64. The highest BCUT2D eigenvalue weighted by Gasteiger charge is 2.26.